The van der Waals surface area contributed by atoms with Gasteiger partial charge in [-0.1, -0.05) is 12.1 Å². The summed E-state index contributed by atoms with van der Waals surface area (Å²) in [5.41, 5.74) is -0.448. The molecule has 0 saturated carbocycles. The van der Waals surface area contributed by atoms with Gasteiger partial charge in [-0.2, -0.15) is 18.4 Å². The lowest BCUT2D eigenvalue weighted by atomic mass is 9.95. The van der Waals surface area contributed by atoms with Crippen LogP contribution >= 0.6 is 0 Å². The van der Waals surface area contributed by atoms with Gasteiger partial charge in [-0.25, -0.2) is 8.78 Å². The molecule has 0 N–H and O–H groups in total. The minimum absolute atomic E-state index is 0.0604. The van der Waals surface area contributed by atoms with Gasteiger partial charge in [0.25, 0.3) is 0 Å². The Labute approximate surface area is 117 Å². The van der Waals surface area contributed by atoms with Gasteiger partial charge in [-0.3, -0.25) is 0 Å². The van der Waals surface area contributed by atoms with E-state index in [1.165, 1.54) is 12.1 Å². The molecule has 0 bridgehead atoms. The quantitative estimate of drug-likeness (QED) is 0.736. The summed E-state index contributed by atoms with van der Waals surface area (Å²) < 4.78 is 64.4. The van der Waals surface area contributed by atoms with Crippen LogP contribution in [0.3, 0.4) is 0 Å². The minimum Gasteiger partial charge on any atom is -0.204 e. The summed E-state index contributed by atoms with van der Waals surface area (Å²) in [5.74, 6) is -2.25. The molecular weight excluding hydrogens is 289 g/mol. The summed E-state index contributed by atoms with van der Waals surface area (Å²) in [6.07, 6.45) is -4.69. The van der Waals surface area contributed by atoms with Crippen molar-refractivity contribution in [3.63, 3.8) is 0 Å². The first kappa shape index (κ1) is 15.0. The average Bonchev–Trinajstić information content (AvgIpc) is 2.41. The van der Waals surface area contributed by atoms with Gasteiger partial charge < -0.3 is 0 Å². The highest BCUT2D eigenvalue weighted by atomic mass is 19.4. The molecule has 0 heterocycles. The predicted molar refractivity (Wildman–Crippen MR) is 66.1 cm³/mol. The SMILES string of the molecule is N#CCc1ccc(C(F)(F)F)cc1-c1ccc(F)c(F)c1. The van der Waals surface area contributed by atoms with Crippen LogP contribution in [0.5, 0.6) is 0 Å². The molecule has 0 spiro atoms. The molecule has 21 heavy (non-hydrogen) atoms. The standard InChI is InChI=1S/C15H8F5N/c16-13-4-2-10(7-14(13)17)12-8-11(15(18,19)20)3-1-9(12)5-6-21/h1-4,7-8H,5H2. The summed E-state index contributed by atoms with van der Waals surface area (Å²) in [6, 6.07) is 7.51. The van der Waals surface area contributed by atoms with E-state index in [1.54, 1.807) is 0 Å². The number of rotatable bonds is 2. The van der Waals surface area contributed by atoms with Gasteiger partial charge >= 0.3 is 6.18 Å². The zero-order valence-electron chi connectivity index (χ0n) is 10.5. The molecule has 0 saturated heterocycles. The topological polar surface area (TPSA) is 23.8 Å². The summed E-state index contributed by atoms with van der Waals surface area (Å²) in [7, 11) is 0. The molecule has 0 unspecified atom stereocenters. The molecule has 0 aliphatic carbocycles. The molecule has 2 rings (SSSR count). The third kappa shape index (κ3) is 3.19. The lowest BCUT2D eigenvalue weighted by molar-refractivity contribution is -0.137. The Hall–Kier alpha value is -2.42. The molecule has 0 fully saturated rings. The van der Waals surface area contributed by atoms with Crippen molar-refractivity contribution in [2.75, 3.05) is 0 Å². The summed E-state index contributed by atoms with van der Waals surface area (Å²) >= 11 is 0. The van der Waals surface area contributed by atoms with Crippen LogP contribution in [0, 0.1) is 23.0 Å². The Kier molecular flexibility index (Phi) is 3.94. The summed E-state index contributed by atoms with van der Waals surface area (Å²) in [4.78, 5) is 0. The predicted octanol–water partition coefficient (Wildman–Crippen LogP) is 4.72. The van der Waals surface area contributed by atoms with Gasteiger partial charge in [-0.05, 0) is 41.0 Å². The zero-order chi connectivity index (χ0) is 15.6. The van der Waals surface area contributed by atoms with E-state index in [0.29, 0.717) is 5.56 Å². The summed E-state index contributed by atoms with van der Waals surface area (Å²) in [6.45, 7) is 0. The zero-order valence-corrected chi connectivity index (χ0v) is 10.5. The van der Waals surface area contributed by atoms with Gasteiger partial charge in [0, 0.05) is 0 Å². The first-order valence-electron chi connectivity index (χ1n) is 5.85. The van der Waals surface area contributed by atoms with E-state index in [-0.39, 0.29) is 17.5 Å². The monoisotopic (exact) mass is 297 g/mol. The van der Waals surface area contributed by atoms with Gasteiger partial charge in [0.15, 0.2) is 11.6 Å². The first-order chi connectivity index (χ1) is 9.82. The van der Waals surface area contributed by atoms with Crippen LogP contribution in [0.4, 0.5) is 22.0 Å². The Bertz CT molecular complexity index is 713. The van der Waals surface area contributed by atoms with Gasteiger partial charge in [0.2, 0.25) is 0 Å². The van der Waals surface area contributed by atoms with Crippen molar-refractivity contribution in [2.24, 2.45) is 0 Å². The van der Waals surface area contributed by atoms with Crippen LogP contribution in [-0.2, 0) is 12.6 Å². The normalized spacial score (nSPS) is 11.2. The van der Waals surface area contributed by atoms with E-state index in [4.69, 9.17) is 5.26 Å². The third-order valence-electron chi connectivity index (χ3n) is 2.94. The highest BCUT2D eigenvalue weighted by Gasteiger charge is 2.31. The van der Waals surface area contributed by atoms with E-state index >= 15 is 0 Å². The van der Waals surface area contributed by atoms with Crippen molar-refractivity contribution in [3.8, 4) is 17.2 Å². The number of nitriles is 1. The van der Waals surface area contributed by atoms with Crippen molar-refractivity contribution < 1.29 is 22.0 Å². The lowest BCUT2D eigenvalue weighted by Crippen LogP contribution is -2.06. The summed E-state index contributed by atoms with van der Waals surface area (Å²) in [5, 5.41) is 8.71. The first-order valence-corrected chi connectivity index (χ1v) is 5.85. The molecule has 0 aliphatic rings. The van der Waals surface area contributed by atoms with Crippen LogP contribution in [0.15, 0.2) is 36.4 Å². The second-order valence-corrected chi connectivity index (χ2v) is 4.33. The fourth-order valence-corrected chi connectivity index (χ4v) is 1.92. The number of hydrogen-bond acceptors (Lipinski definition) is 1. The van der Waals surface area contributed by atoms with Crippen molar-refractivity contribution >= 4 is 0 Å². The third-order valence-corrected chi connectivity index (χ3v) is 2.94. The van der Waals surface area contributed by atoms with Crippen molar-refractivity contribution in [2.45, 2.75) is 12.6 Å². The van der Waals surface area contributed by atoms with Crippen LogP contribution < -0.4 is 0 Å². The van der Waals surface area contributed by atoms with E-state index in [2.05, 4.69) is 0 Å². The van der Waals surface area contributed by atoms with Crippen molar-refractivity contribution in [1.29, 1.82) is 5.26 Å². The van der Waals surface area contributed by atoms with Crippen LogP contribution in [0.25, 0.3) is 11.1 Å². The molecule has 1 nitrogen and oxygen atoms in total. The molecule has 0 aromatic heterocycles. The molecular formula is C15H8F5N. The largest absolute Gasteiger partial charge is 0.416 e. The molecule has 2 aromatic carbocycles. The smallest absolute Gasteiger partial charge is 0.204 e. The highest BCUT2D eigenvalue weighted by Crippen LogP contribution is 2.34. The number of benzene rings is 2. The Morgan fingerprint density at radius 3 is 2.24 bits per heavy atom. The van der Waals surface area contributed by atoms with E-state index in [0.717, 1.165) is 24.3 Å². The Morgan fingerprint density at radius 2 is 1.67 bits per heavy atom. The molecule has 0 amide bonds. The number of halogens is 5. The fraction of sp³-hybridized carbons (Fsp3) is 0.133. The maximum atomic E-state index is 13.3. The second kappa shape index (κ2) is 5.52. The molecule has 108 valence electrons. The molecule has 0 aliphatic heterocycles. The maximum Gasteiger partial charge on any atom is 0.416 e. The van der Waals surface area contributed by atoms with Gasteiger partial charge in [-0.15, -0.1) is 0 Å². The number of hydrogen-bond donors (Lipinski definition) is 0. The van der Waals surface area contributed by atoms with Crippen LogP contribution in [-0.4, -0.2) is 0 Å². The van der Waals surface area contributed by atoms with E-state index < -0.39 is 23.4 Å². The number of nitrogens with zero attached hydrogens (tertiary/aromatic N) is 1. The Balaban J connectivity index is 2.63. The highest BCUT2D eigenvalue weighted by molar-refractivity contribution is 5.69. The van der Waals surface area contributed by atoms with Gasteiger partial charge in [0.05, 0.1) is 18.1 Å². The lowest BCUT2D eigenvalue weighted by Gasteiger charge is -2.12. The molecule has 0 radical (unpaired) electrons. The second-order valence-electron chi connectivity index (χ2n) is 4.33. The van der Waals surface area contributed by atoms with Crippen LogP contribution in [0.1, 0.15) is 11.1 Å². The fourth-order valence-electron chi connectivity index (χ4n) is 1.92. The maximum absolute atomic E-state index is 13.3. The molecule has 2 aromatic rings. The minimum atomic E-state index is -4.56. The van der Waals surface area contributed by atoms with E-state index in [9.17, 15) is 22.0 Å². The molecule has 6 heteroatoms. The van der Waals surface area contributed by atoms with E-state index in [1.807, 2.05) is 6.07 Å². The average molecular weight is 297 g/mol. The number of alkyl halides is 3. The Morgan fingerprint density at radius 1 is 0.952 bits per heavy atom. The van der Waals surface area contributed by atoms with Gasteiger partial charge in [0.1, 0.15) is 0 Å². The molecule has 0 atom stereocenters. The van der Waals surface area contributed by atoms with Crippen LogP contribution in [0.2, 0.25) is 0 Å². The van der Waals surface area contributed by atoms with Crippen molar-refractivity contribution in [1.82, 2.24) is 0 Å². The van der Waals surface area contributed by atoms with Crippen molar-refractivity contribution in [3.05, 3.63) is 59.2 Å².